The summed E-state index contributed by atoms with van der Waals surface area (Å²) in [7, 11) is 0. The minimum atomic E-state index is -5.86. The first-order valence-corrected chi connectivity index (χ1v) is 3.49. The summed E-state index contributed by atoms with van der Waals surface area (Å²) in [5, 5.41) is 0. The van der Waals surface area contributed by atoms with Crippen LogP contribution in [0.15, 0.2) is 0 Å². The molecule has 13 heavy (non-hydrogen) atoms. The second kappa shape index (κ2) is 3.80. The van der Waals surface area contributed by atoms with E-state index < -0.39 is 29.8 Å². The molecule has 10 heteroatoms. The molecule has 0 aromatic rings. The van der Waals surface area contributed by atoms with Crippen LogP contribution < -0.4 is 0 Å². The molecule has 0 aromatic heterocycles. The highest BCUT2D eigenvalue weighted by molar-refractivity contribution is 7.74. The van der Waals surface area contributed by atoms with Gasteiger partial charge in [-0.3, -0.25) is 4.55 Å². The van der Waals surface area contributed by atoms with E-state index in [-0.39, 0.29) is 0 Å². The van der Waals surface area contributed by atoms with E-state index in [1.165, 1.54) is 0 Å². The Bertz CT molecular complexity index is 202. The molecule has 0 saturated heterocycles. The molecular formula is C3H2F6O3S. The van der Waals surface area contributed by atoms with E-state index in [1.54, 1.807) is 0 Å². The molecule has 0 fully saturated rings. The van der Waals surface area contributed by atoms with Crippen molar-refractivity contribution in [3.05, 3.63) is 0 Å². The van der Waals surface area contributed by atoms with Crippen LogP contribution in [0.2, 0.25) is 0 Å². The van der Waals surface area contributed by atoms with Crippen molar-refractivity contribution in [2.24, 2.45) is 0 Å². The smallest absolute Gasteiger partial charge is 0.284 e. The highest BCUT2D eigenvalue weighted by atomic mass is 32.2. The summed E-state index contributed by atoms with van der Waals surface area (Å²) in [6.45, 7) is 0. The van der Waals surface area contributed by atoms with Crippen molar-refractivity contribution in [1.29, 1.82) is 0 Å². The Hall–Kier alpha value is -0.350. The minimum Gasteiger partial charge on any atom is -0.284 e. The van der Waals surface area contributed by atoms with Gasteiger partial charge in [0.1, 0.15) is 0 Å². The van der Waals surface area contributed by atoms with Gasteiger partial charge in [-0.05, 0) is 0 Å². The average molecular weight is 232 g/mol. The Morgan fingerprint density at radius 2 is 1.62 bits per heavy atom. The molecule has 3 nitrogen and oxygen atoms in total. The van der Waals surface area contributed by atoms with Crippen LogP contribution >= 0.6 is 0 Å². The van der Waals surface area contributed by atoms with Crippen LogP contribution in [0.1, 0.15) is 0 Å². The third-order valence-electron chi connectivity index (χ3n) is 0.765. The molecule has 0 radical (unpaired) electrons. The van der Waals surface area contributed by atoms with E-state index in [0.717, 1.165) is 0 Å². The van der Waals surface area contributed by atoms with Crippen LogP contribution in [0.3, 0.4) is 0 Å². The maximum absolute atomic E-state index is 11.9. The second-order valence-corrected chi connectivity index (χ2v) is 2.37. The van der Waals surface area contributed by atoms with E-state index >= 15 is 0 Å². The van der Waals surface area contributed by atoms with Crippen LogP contribution in [0.25, 0.3) is 0 Å². The van der Waals surface area contributed by atoms with Gasteiger partial charge in [0.05, 0.1) is 0 Å². The predicted molar refractivity (Wildman–Crippen MR) is 27.8 cm³/mol. The molecule has 0 rings (SSSR count). The van der Waals surface area contributed by atoms with E-state index in [1.807, 2.05) is 0 Å². The Balaban J connectivity index is 4.54. The van der Waals surface area contributed by atoms with Gasteiger partial charge in [-0.2, -0.15) is 30.3 Å². The van der Waals surface area contributed by atoms with Crippen LogP contribution in [0.4, 0.5) is 26.3 Å². The number of alkyl halides is 6. The van der Waals surface area contributed by atoms with Gasteiger partial charge in [-0.15, -0.1) is 0 Å². The monoisotopic (exact) mass is 232 g/mol. The Kier molecular flexibility index (Phi) is 3.70. The van der Waals surface area contributed by atoms with Gasteiger partial charge < -0.3 is 0 Å². The summed E-state index contributed by atoms with van der Waals surface area (Å²) in [6, 6.07) is 0. The first-order chi connectivity index (χ1) is 5.57. The SMILES string of the molecule is O=S(O)OC(F)(F)C(F)C(F)(F)F. The Morgan fingerprint density at radius 1 is 1.23 bits per heavy atom. The first-order valence-electron chi connectivity index (χ1n) is 2.46. The van der Waals surface area contributed by atoms with Crippen LogP contribution in [0.5, 0.6) is 0 Å². The minimum absolute atomic E-state index is 2.53. The maximum atomic E-state index is 11.9. The molecule has 2 unspecified atom stereocenters. The number of hydrogen-bond acceptors (Lipinski definition) is 2. The summed E-state index contributed by atoms with van der Waals surface area (Å²) < 4.78 is 89.1. The van der Waals surface area contributed by atoms with Crippen LogP contribution in [-0.2, 0) is 15.5 Å². The Labute approximate surface area is 70.2 Å². The molecule has 0 spiro atoms. The molecule has 0 aromatic carbocycles. The lowest BCUT2D eigenvalue weighted by atomic mass is 10.3. The van der Waals surface area contributed by atoms with Crippen molar-refractivity contribution < 1.29 is 39.3 Å². The van der Waals surface area contributed by atoms with Crippen molar-refractivity contribution in [3.8, 4) is 0 Å². The highest BCUT2D eigenvalue weighted by Gasteiger charge is 2.59. The lowest BCUT2D eigenvalue weighted by Crippen LogP contribution is -2.43. The molecule has 0 aliphatic carbocycles. The van der Waals surface area contributed by atoms with E-state index in [4.69, 9.17) is 4.55 Å². The number of rotatable bonds is 3. The van der Waals surface area contributed by atoms with Crippen molar-refractivity contribution >= 4 is 11.4 Å². The largest absolute Gasteiger partial charge is 0.428 e. The Morgan fingerprint density at radius 3 is 1.85 bits per heavy atom. The summed E-state index contributed by atoms with van der Waals surface area (Å²) in [4.78, 5) is 0. The van der Waals surface area contributed by atoms with Gasteiger partial charge in [0.2, 0.25) is 0 Å². The van der Waals surface area contributed by atoms with E-state index in [0.29, 0.717) is 0 Å². The third kappa shape index (κ3) is 3.91. The van der Waals surface area contributed by atoms with Crippen molar-refractivity contribution in [2.45, 2.75) is 18.5 Å². The van der Waals surface area contributed by atoms with Gasteiger partial charge >= 0.3 is 23.6 Å². The molecule has 0 bridgehead atoms. The maximum Gasteiger partial charge on any atom is 0.428 e. The summed E-state index contributed by atoms with van der Waals surface area (Å²) >= 11 is -3.68. The number of halogens is 6. The zero-order valence-corrected chi connectivity index (χ0v) is 6.33. The lowest BCUT2D eigenvalue weighted by Gasteiger charge is -2.19. The average Bonchev–Trinajstić information content (AvgIpc) is 1.80. The van der Waals surface area contributed by atoms with Crippen molar-refractivity contribution in [3.63, 3.8) is 0 Å². The highest BCUT2D eigenvalue weighted by Crippen LogP contribution is 2.35. The lowest BCUT2D eigenvalue weighted by molar-refractivity contribution is -0.303. The normalized spacial score (nSPS) is 18.4. The third-order valence-corrected chi connectivity index (χ3v) is 1.13. The van der Waals surface area contributed by atoms with Gasteiger partial charge in [0, 0.05) is 0 Å². The zero-order chi connectivity index (χ0) is 10.9. The molecule has 1 N–H and O–H groups in total. The fourth-order valence-corrected chi connectivity index (χ4v) is 0.602. The van der Waals surface area contributed by atoms with Gasteiger partial charge in [0.15, 0.2) is 0 Å². The summed E-state index contributed by atoms with van der Waals surface area (Å²) in [5.41, 5.74) is 0. The fraction of sp³-hybridized carbons (Fsp3) is 1.00. The van der Waals surface area contributed by atoms with Crippen LogP contribution in [-0.4, -0.2) is 27.2 Å². The molecule has 2 atom stereocenters. The predicted octanol–water partition coefficient (Wildman–Crippen LogP) is 1.63. The molecule has 0 heterocycles. The van der Waals surface area contributed by atoms with Gasteiger partial charge in [-0.25, -0.2) is 4.39 Å². The van der Waals surface area contributed by atoms with Crippen LogP contribution in [0, 0.1) is 0 Å². The summed E-state index contributed by atoms with van der Waals surface area (Å²) in [6.07, 6.45) is -15.9. The molecular weight excluding hydrogens is 230 g/mol. The zero-order valence-electron chi connectivity index (χ0n) is 5.52. The molecule has 0 aliphatic heterocycles. The van der Waals surface area contributed by atoms with Crippen molar-refractivity contribution in [1.82, 2.24) is 0 Å². The van der Waals surface area contributed by atoms with E-state index in [2.05, 4.69) is 4.18 Å². The van der Waals surface area contributed by atoms with Gasteiger partial charge in [0.25, 0.3) is 6.17 Å². The number of hydrogen-bond donors (Lipinski definition) is 1. The first kappa shape index (κ1) is 12.7. The standard InChI is InChI=1S/C3H2F6O3S/c4-1(2(5,6)7)3(8,9)12-13(10)11/h1H,(H,10,11). The van der Waals surface area contributed by atoms with Crippen molar-refractivity contribution in [2.75, 3.05) is 0 Å². The molecule has 0 amide bonds. The topological polar surface area (TPSA) is 46.5 Å². The fourth-order valence-electron chi connectivity index (χ4n) is 0.328. The molecule has 0 aliphatic rings. The quantitative estimate of drug-likeness (QED) is 0.594. The molecule has 0 saturated carbocycles. The second-order valence-electron chi connectivity index (χ2n) is 1.77. The van der Waals surface area contributed by atoms with E-state index in [9.17, 15) is 30.6 Å². The molecule has 80 valence electrons. The summed E-state index contributed by atoms with van der Waals surface area (Å²) in [5.74, 6) is 0. The van der Waals surface area contributed by atoms with Gasteiger partial charge in [-0.1, -0.05) is 0 Å².